The van der Waals surface area contributed by atoms with Crippen LogP contribution in [-0.4, -0.2) is 51.7 Å². The standard InChI is InChI=1S/C26H32F2N6O2/c27-23(28)25-31-20-6-1-2-7-21(20)34(25)22-16-19(30-26(32-22)33-12-14-36-15-13-33)5-3-4-17-8-10-18(11-9-17)24(29)35/h1-2,6-7,16-18,23H,3-5,8-15H2,(H2,29,35)/t17-,18-. The predicted molar refractivity (Wildman–Crippen MR) is 132 cm³/mol. The molecule has 1 aliphatic heterocycles. The van der Waals surface area contributed by atoms with Crippen LogP contribution >= 0.6 is 0 Å². The monoisotopic (exact) mass is 498 g/mol. The van der Waals surface area contributed by atoms with Crippen LogP contribution < -0.4 is 10.6 Å². The normalized spacial score (nSPS) is 20.8. The number of benzene rings is 1. The molecule has 1 aliphatic carbocycles. The van der Waals surface area contributed by atoms with Crippen molar-refractivity contribution in [1.82, 2.24) is 19.5 Å². The molecule has 0 unspecified atom stereocenters. The Balaban J connectivity index is 1.41. The van der Waals surface area contributed by atoms with Crippen LogP contribution in [0.5, 0.6) is 0 Å². The molecular formula is C26H32F2N6O2. The zero-order valence-corrected chi connectivity index (χ0v) is 20.3. The van der Waals surface area contributed by atoms with E-state index in [2.05, 4.69) is 4.98 Å². The number of primary amides is 1. The van der Waals surface area contributed by atoms with E-state index in [9.17, 15) is 13.6 Å². The molecule has 3 heterocycles. The average Bonchev–Trinajstić information content (AvgIpc) is 3.30. The number of hydrogen-bond acceptors (Lipinski definition) is 6. The van der Waals surface area contributed by atoms with Gasteiger partial charge in [-0.1, -0.05) is 18.6 Å². The summed E-state index contributed by atoms with van der Waals surface area (Å²) in [6.45, 7) is 2.46. The van der Waals surface area contributed by atoms with Gasteiger partial charge in [-0.3, -0.25) is 9.36 Å². The molecular weight excluding hydrogens is 466 g/mol. The molecule has 2 aliphatic rings. The molecule has 0 spiro atoms. The SMILES string of the molecule is NC(=O)[C@H]1CC[C@H](CCCc2cc(-n3c(C(F)F)nc4ccccc43)nc(N3CCOCC3)n2)CC1. The molecule has 2 N–H and O–H groups in total. The van der Waals surface area contributed by atoms with Gasteiger partial charge in [-0.15, -0.1) is 0 Å². The van der Waals surface area contributed by atoms with Crippen molar-refractivity contribution in [3.8, 4) is 5.82 Å². The van der Waals surface area contributed by atoms with E-state index in [1.54, 1.807) is 18.2 Å². The number of nitrogens with zero attached hydrogens (tertiary/aromatic N) is 5. The number of para-hydroxylation sites is 2. The largest absolute Gasteiger partial charge is 0.378 e. The number of nitrogens with two attached hydrogens (primary N) is 1. The number of imidazole rings is 1. The number of fused-ring (bicyclic) bond motifs is 1. The Kier molecular flexibility index (Phi) is 7.41. The quantitative estimate of drug-likeness (QED) is 0.500. The van der Waals surface area contributed by atoms with Gasteiger partial charge in [0.05, 0.1) is 24.2 Å². The first-order chi connectivity index (χ1) is 17.5. The highest BCUT2D eigenvalue weighted by Crippen LogP contribution is 2.32. The average molecular weight is 499 g/mol. The summed E-state index contributed by atoms with van der Waals surface area (Å²) in [5, 5.41) is 0. The molecule has 36 heavy (non-hydrogen) atoms. The van der Waals surface area contributed by atoms with E-state index < -0.39 is 6.43 Å². The molecule has 5 rings (SSSR count). The second kappa shape index (κ2) is 10.9. The maximum absolute atomic E-state index is 14.0. The van der Waals surface area contributed by atoms with Gasteiger partial charge < -0.3 is 15.4 Å². The van der Waals surface area contributed by atoms with Crippen molar-refractivity contribution in [3.05, 3.63) is 41.9 Å². The molecule has 1 aromatic carbocycles. The van der Waals surface area contributed by atoms with Gasteiger partial charge in [-0.2, -0.15) is 4.98 Å². The van der Waals surface area contributed by atoms with E-state index in [-0.39, 0.29) is 17.6 Å². The van der Waals surface area contributed by atoms with E-state index in [4.69, 9.17) is 20.4 Å². The number of amides is 1. The fourth-order valence-electron chi connectivity index (χ4n) is 5.36. The van der Waals surface area contributed by atoms with E-state index >= 15 is 0 Å². The third-order valence-corrected chi connectivity index (χ3v) is 7.35. The lowest BCUT2D eigenvalue weighted by atomic mass is 9.79. The minimum Gasteiger partial charge on any atom is -0.378 e. The van der Waals surface area contributed by atoms with Crippen LogP contribution in [0.3, 0.4) is 0 Å². The van der Waals surface area contributed by atoms with Crippen LogP contribution in [0.25, 0.3) is 16.9 Å². The lowest BCUT2D eigenvalue weighted by Crippen LogP contribution is -2.37. The van der Waals surface area contributed by atoms with Crippen LogP contribution in [0, 0.1) is 11.8 Å². The lowest BCUT2D eigenvalue weighted by molar-refractivity contribution is -0.122. The topological polar surface area (TPSA) is 99.2 Å². The summed E-state index contributed by atoms with van der Waals surface area (Å²) < 4.78 is 35.0. The first-order valence-electron chi connectivity index (χ1n) is 12.8. The van der Waals surface area contributed by atoms with Gasteiger partial charge in [0.25, 0.3) is 6.43 Å². The maximum Gasteiger partial charge on any atom is 0.296 e. The Labute approximate surface area is 208 Å². The molecule has 1 amide bonds. The molecule has 1 saturated heterocycles. The van der Waals surface area contributed by atoms with Gasteiger partial charge in [0.2, 0.25) is 11.9 Å². The summed E-state index contributed by atoms with van der Waals surface area (Å²) in [4.78, 5) is 27.2. The minimum absolute atomic E-state index is 0.00999. The van der Waals surface area contributed by atoms with Crippen molar-refractivity contribution in [1.29, 1.82) is 0 Å². The molecule has 0 radical (unpaired) electrons. The summed E-state index contributed by atoms with van der Waals surface area (Å²) in [6.07, 6.45) is 3.70. The Morgan fingerprint density at radius 1 is 1.08 bits per heavy atom. The van der Waals surface area contributed by atoms with Crippen LogP contribution in [0.4, 0.5) is 14.7 Å². The van der Waals surface area contributed by atoms with Gasteiger partial charge in [0.15, 0.2) is 5.82 Å². The summed E-state index contributed by atoms with van der Waals surface area (Å²) in [7, 11) is 0. The summed E-state index contributed by atoms with van der Waals surface area (Å²) in [5.41, 5.74) is 7.39. The van der Waals surface area contributed by atoms with E-state index in [0.29, 0.717) is 55.0 Å². The van der Waals surface area contributed by atoms with Crippen LogP contribution in [0.2, 0.25) is 0 Å². The molecule has 10 heteroatoms. The first kappa shape index (κ1) is 24.5. The van der Waals surface area contributed by atoms with Gasteiger partial charge in [-0.25, -0.2) is 18.7 Å². The number of aromatic nitrogens is 4. The first-order valence-corrected chi connectivity index (χ1v) is 12.8. The van der Waals surface area contributed by atoms with Crippen molar-refractivity contribution < 1.29 is 18.3 Å². The van der Waals surface area contributed by atoms with Crippen LogP contribution in [0.1, 0.15) is 56.5 Å². The highest BCUT2D eigenvalue weighted by Gasteiger charge is 2.25. The van der Waals surface area contributed by atoms with Crippen molar-refractivity contribution in [2.24, 2.45) is 17.6 Å². The fraction of sp³-hybridized carbons (Fsp3) is 0.538. The molecule has 192 valence electrons. The molecule has 2 aromatic heterocycles. The zero-order chi connectivity index (χ0) is 25.1. The van der Waals surface area contributed by atoms with Crippen LogP contribution in [-0.2, 0) is 16.0 Å². The Hall–Kier alpha value is -3.14. The number of carbonyl (C=O) groups excluding carboxylic acids is 1. The number of ether oxygens (including phenoxy) is 1. The zero-order valence-electron chi connectivity index (χ0n) is 20.3. The summed E-state index contributed by atoms with van der Waals surface area (Å²) in [6, 6.07) is 8.93. The van der Waals surface area contributed by atoms with E-state index in [1.807, 2.05) is 17.0 Å². The highest BCUT2D eigenvalue weighted by molar-refractivity contribution is 5.78. The number of hydrogen-bond donors (Lipinski definition) is 1. The van der Waals surface area contributed by atoms with Crippen molar-refractivity contribution in [2.45, 2.75) is 51.4 Å². The number of alkyl halides is 2. The lowest BCUT2D eigenvalue weighted by Gasteiger charge is -2.28. The number of anilines is 1. The number of halogens is 2. The molecule has 1 saturated carbocycles. The third-order valence-electron chi connectivity index (χ3n) is 7.35. The predicted octanol–water partition coefficient (Wildman–Crippen LogP) is 4.20. The van der Waals surface area contributed by atoms with Crippen molar-refractivity contribution in [2.75, 3.05) is 31.2 Å². The molecule has 8 nitrogen and oxygen atoms in total. The Morgan fingerprint density at radius 2 is 1.83 bits per heavy atom. The van der Waals surface area contributed by atoms with Gasteiger partial charge in [-0.05, 0) is 56.6 Å². The third kappa shape index (κ3) is 5.33. The Bertz CT molecular complexity index is 1200. The number of rotatable bonds is 8. The second-order valence-corrected chi connectivity index (χ2v) is 9.72. The van der Waals surface area contributed by atoms with Crippen molar-refractivity contribution >= 4 is 22.9 Å². The highest BCUT2D eigenvalue weighted by atomic mass is 19.3. The summed E-state index contributed by atoms with van der Waals surface area (Å²) in [5.74, 6) is 1.02. The molecule has 2 fully saturated rings. The smallest absolute Gasteiger partial charge is 0.296 e. The maximum atomic E-state index is 14.0. The second-order valence-electron chi connectivity index (χ2n) is 9.72. The van der Waals surface area contributed by atoms with E-state index in [1.165, 1.54) is 4.57 Å². The Morgan fingerprint density at radius 3 is 2.56 bits per heavy atom. The van der Waals surface area contributed by atoms with Crippen LogP contribution in [0.15, 0.2) is 30.3 Å². The van der Waals surface area contributed by atoms with Gasteiger partial charge >= 0.3 is 0 Å². The van der Waals surface area contributed by atoms with Crippen molar-refractivity contribution in [3.63, 3.8) is 0 Å². The molecule has 0 bridgehead atoms. The minimum atomic E-state index is -2.74. The number of aryl methyl sites for hydroxylation is 1. The summed E-state index contributed by atoms with van der Waals surface area (Å²) >= 11 is 0. The molecule has 3 aromatic rings. The van der Waals surface area contributed by atoms with Gasteiger partial charge in [0, 0.05) is 30.8 Å². The number of carbonyl (C=O) groups is 1. The number of morpholine rings is 1. The molecule has 0 atom stereocenters. The van der Waals surface area contributed by atoms with Gasteiger partial charge in [0.1, 0.15) is 5.82 Å². The fourth-order valence-corrected chi connectivity index (χ4v) is 5.36. The van der Waals surface area contributed by atoms with E-state index in [0.717, 1.165) is 50.6 Å².